The molecular weight excluding hydrogens is 279 g/mol. The van der Waals surface area contributed by atoms with Crippen LogP contribution in [0.25, 0.3) is 0 Å². The van der Waals surface area contributed by atoms with Crippen molar-refractivity contribution in [2.45, 2.75) is 20.4 Å². The van der Waals surface area contributed by atoms with Crippen LogP contribution in [-0.4, -0.2) is 11.5 Å². The van der Waals surface area contributed by atoms with E-state index in [0.717, 1.165) is 18.3 Å². The Kier molecular flexibility index (Phi) is 4.93. The third-order valence-electron chi connectivity index (χ3n) is 2.75. The molecule has 1 heterocycles. The average molecular weight is 295 g/mol. The summed E-state index contributed by atoms with van der Waals surface area (Å²) in [5.41, 5.74) is 1.70. The van der Waals surface area contributed by atoms with Crippen LogP contribution in [0.15, 0.2) is 30.5 Å². The summed E-state index contributed by atoms with van der Waals surface area (Å²) in [5, 5.41) is 3.63. The van der Waals surface area contributed by atoms with Gasteiger partial charge in [-0.3, -0.25) is 0 Å². The Morgan fingerprint density at radius 3 is 2.85 bits per heavy atom. The molecule has 2 rings (SSSR count). The molecule has 2 aromatic rings. The van der Waals surface area contributed by atoms with Gasteiger partial charge >= 0.3 is 0 Å². The Balaban J connectivity index is 2.27. The topological polar surface area (TPSA) is 34.2 Å². The predicted molar refractivity (Wildman–Crippen MR) is 77.8 cm³/mol. The van der Waals surface area contributed by atoms with E-state index in [-0.39, 0.29) is 5.82 Å². The second-order valence-corrected chi connectivity index (χ2v) is 4.84. The molecule has 3 nitrogen and oxygen atoms in total. The summed E-state index contributed by atoms with van der Waals surface area (Å²) < 4.78 is 19.0. The van der Waals surface area contributed by atoms with Crippen LogP contribution in [0.1, 0.15) is 18.1 Å². The largest absolute Gasteiger partial charge is 0.437 e. The van der Waals surface area contributed by atoms with Gasteiger partial charge in [-0.15, -0.1) is 0 Å². The lowest BCUT2D eigenvalue weighted by atomic mass is 10.2. The third kappa shape index (κ3) is 3.68. The molecule has 0 aliphatic heterocycles. The molecule has 0 saturated heterocycles. The van der Waals surface area contributed by atoms with Crippen molar-refractivity contribution in [3.8, 4) is 11.6 Å². The summed E-state index contributed by atoms with van der Waals surface area (Å²) in [6, 6.07) is 6.89. The number of halogens is 2. The highest BCUT2D eigenvalue weighted by Crippen LogP contribution is 2.30. The van der Waals surface area contributed by atoms with Crippen molar-refractivity contribution < 1.29 is 9.13 Å². The van der Waals surface area contributed by atoms with Gasteiger partial charge < -0.3 is 10.1 Å². The van der Waals surface area contributed by atoms with Crippen molar-refractivity contribution in [3.63, 3.8) is 0 Å². The van der Waals surface area contributed by atoms with Crippen molar-refractivity contribution in [2.75, 3.05) is 6.54 Å². The quantitative estimate of drug-likeness (QED) is 0.902. The zero-order chi connectivity index (χ0) is 14.5. The molecule has 0 amide bonds. The van der Waals surface area contributed by atoms with E-state index in [1.165, 1.54) is 6.07 Å². The van der Waals surface area contributed by atoms with Crippen LogP contribution in [0.3, 0.4) is 0 Å². The Hall–Kier alpha value is -1.65. The van der Waals surface area contributed by atoms with E-state index in [0.29, 0.717) is 28.8 Å². The minimum absolute atomic E-state index is 0.359. The first-order valence-corrected chi connectivity index (χ1v) is 6.77. The summed E-state index contributed by atoms with van der Waals surface area (Å²) in [4.78, 5) is 3.99. The smallest absolute Gasteiger partial charge is 0.223 e. The van der Waals surface area contributed by atoms with Gasteiger partial charge in [0.05, 0.1) is 11.2 Å². The van der Waals surface area contributed by atoms with Gasteiger partial charge in [-0.2, -0.15) is 0 Å². The lowest BCUT2D eigenvalue weighted by molar-refractivity contribution is 0.449. The summed E-state index contributed by atoms with van der Waals surface area (Å²) in [6.07, 6.45) is 1.13. The van der Waals surface area contributed by atoms with Crippen LogP contribution >= 0.6 is 11.6 Å². The number of hydrogen-bond acceptors (Lipinski definition) is 3. The zero-order valence-corrected chi connectivity index (χ0v) is 12.2. The molecular formula is C15H16ClFN2O. The fourth-order valence-corrected chi connectivity index (χ4v) is 2.01. The first-order chi connectivity index (χ1) is 9.60. The maximum atomic E-state index is 13.3. The Bertz CT molecular complexity index is 604. The molecule has 0 atom stereocenters. The van der Waals surface area contributed by atoms with E-state index < -0.39 is 0 Å². The molecule has 0 radical (unpaired) electrons. The molecule has 0 spiro atoms. The molecule has 1 N–H and O–H groups in total. The third-order valence-corrected chi connectivity index (χ3v) is 3.05. The summed E-state index contributed by atoms with van der Waals surface area (Å²) in [7, 11) is 0. The number of pyridine rings is 1. The van der Waals surface area contributed by atoms with Gasteiger partial charge in [0.1, 0.15) is 11.6 Å². The van der Waals surface area contributed by atoms with E-state index in [2.05, 4.69) is 10.3 Å². The van der Waals surface area contributed by atoms with Crippen LogP contribution in [0.4, 0.5) is 4.39 Å². The van der Waals surface area contributed by atoms with Gasteiger partial charge in [-0.1, -0.05) is 24.6 Å². The van der Waals surface area contributed by atoms with Crippen LogP contribution in [0.5, 0.6) is 11.6 Å². The van der Waals surface area contributed by atoms with Gasteiger partial charge in [-0.25, -0.2) is 9.37 Å². The summed E-state index contributed by atoms with van der Waals surface area (Å²) >= 11 is 6.12. The highest BCUT2D eigenvalue weighted by molar-refractivity contribution is 6.32. The molecule has 0 unspecified atom stereocenters. The maximum Gasteiger partial charge on any atom is 0.223 e. The molecule has 0 aliphatic carbocycles. The van der Waals surface area contributed by atoms with E-state index in [9.17, 15) is 4.39 Å². The zero-order valence-electron chi connectivity index (χ0n) is 11.4. The monoisotopic (exact) mass is 294 g/mol. The number of hydrogen-bond donors (Lipinski definition) is 1. The lowest BCUT2D eigenvalue weighted by Crippen LogP contribution is -2.13. The molecule has 0 aliphatic rings. The highest BCUT2D eigenvalue weighted by Gasteiger charge is 2.10. The maximum absolute atomic E-state index is 13.3. The van der Waals surface area contributed by atoms with E-state index in [1.54, 1.807) is 6.07 Å². The highest BCUT2D eigenvalue weighted by atomic mass is 35.5. The SMILES string of the molecule is CCNCc1cc(F)cnc1Oc1ccc(C)cc1Cl. The van der Waals surface area contributed by atoms with Crippen molar-refractivity contribution in [2.24, 2.45) is 0 Å². The molecule has 0 fully saturated rings. The second kappa shape index (κ2) is 6.68. The van der Waals surface area contributed by atoms with Gasteiger partial charge in [-0.05, 0) is 37.2 Å². The predicted octanol–water partition coefficient (Wildman–Crippen LogP) is 4.08. The standard InChI is InChI=1S/C15H16ClFN2O/c1-3-18-8-11-7-12(17)9-19-15(11)20-14-5-4-10(2)6-13(14)16/h4-7,9,18H,3,8H2,1-2H3. The number of ether oxygens (including phenoxy) is 1. The first kappa shape index (κ1) is 14.8. The Morgan fingerprint density at radius 2 is 2.15 bits per heavy atom. The number of aryl methyl sites for hydroxylation is 1. The lowest BCUT2D eigenvalue weighted by Gasteiger charge is -2.11. The summed E-state index contributed by atoms with van der Waals surface area (Å²) in [5.74, 6) is 0.479. The first-order valence-electron chi connectivity index (χ1n) is 6.39. The molecule has 0 bridgehead atoms. The minimum Gasteiger partial charge on any atom is -0.437 e. The second-order valence-electron chi connectivity index (χ2n) is 4.43. The number of aromatic nitrogens is 1. The van der Waals surface area contributed by atoms with Gasteiger partial charge in [0.25, 0.3) is 0 Å². The van der Waals surface area contributed by atoms with Crippen molar-refractivity contribution in [3.05, 3.63) is 52.4 Å². The molecule has 1 aromatic heterocycles. The fraction of sp³-hybridized carbons (Fsp3) is 0.267. The van der Waals surface area contributed by atoms with Crippen LogP contribution in [-0.2, 0) is 6.54 Å². The van der Waals surface area contributed by atoms with Gasteiger partial charge in [0, 0.05) is 12.1 Å². The molecule has 5 heteroatoms. The van der Waals surface area contributed by atoms with Crippen molar-refractivity contribution >= 4 is 11.6 Å². The van der Waals surface area contributed by atoms with Gasteiger partial charge in [0.2, 0.25) is 5.88 Å². The average Bonchev–Trinajstić information content (AvgIpc) is 2.41. The van der Waals surface area contributed by atoms with Crippen molar-refractivity contribution in [1.82, 2.24) is 10.3 Å². The van der Waals surface area contributed by atoms with Crippen LogP contribution in [0, 0.1) is 12.7 Å². The van der Waals surface area contributed by atoms with E-state index in [1.807, 2.05) is 26.0 Å². The van der Waals surface area contributed by atoms with Crippen LogP contribution in [0.2, 0.25) is 5.02 Å². The fourth-order valence-electron chi connectivity index (χ4n) is 1.74. The Labute approximate surface area is 122 Å². The van der Waals surface area contributed by atoms with Crippen LogP contribution < -0.4 is 10.1 Å². The number of nitrogens with one attached hydrogen (secondary N) is 1. The number of nitrogens with zero attached hydrogens (tertiary/aromatic N) is 1. The molecule has 1 aromatic carbocycles. The van der Waals surface area contributed by atoms with E-state index >= 15 is 0 Å². The molecule has 0 saturated carbocycles. The Morgan fingerprint density at radius 1 is 1.35 bits per heavy atom. The van der Waals surface area contributed by atoms with Gasteiger partial charge in [0.15, 0.2) is 0 Å². The van der Waals surface area contributed by atoms with E-state index in [4.69, 9.17) is 16.3 Å². The normalized spacial score (nSPS) is 10.6. The number of rotatable bonds is 5. The molecule has 20 heavy (non-hydrogen) atoms. The summed E-state index contributed by atoms with van der Waals surface area (Å²) in [6.45, 7) is 5.19. The van der Waals surface area contributed by atoms with Crippen molar-refractivity contribution in [1.29, 1.82) is 0 Å². The molecule has 106 valence electrons. The number of benzene rings is 1. The minimum atomic E-state index is -0.389.